The van der Waals surface area contributed by atoms with Crippen molar-refractivity contribution >= 4 is 6.08 Å². The van der Waals surface area contributed by atoms with Crippen LogP contribution in [-0.4, -0.2) is 0 Å². The maximum atomic E-state index is 3.83. The molecule has 0 saturated heterocycles. The fourth-order valence-electron chi connectivity index (χ4n) is 2.16. The number of hydrogen-bond donors (Lipinski definition) is 0. The summed E-state index contributed by atoms with van der Waals surface area (Å²) in [4.78, 5) is 0. The smallest absolute Gasteiger partial charge is 0.0181 e. The third kappa shape index (κ3) is 2.53. The molecule has 0 nitrogen and oxygen atoms in total. The van der Waals surface area contributed by atoms with Crippen molar-refractivity contribution in [3.05, 3.63) is 65.7 Å². The van der Waals surface area contributed by atoms with Crippen LogP contribution < -0.4 is 0 Å². The minimum Gasteiger partial charge on any atom is -0.0985 e. The van der Waals surface area contributed by atoms with Gasteiger partial charge in [-0.1, -0.05) is 69.0 Å². The summed E-state index contributed by atoms with van der Waals surface area (Å²) >= 11 is 0. The molecule has 18 heavy (non-hydrogen) atoms. The summed E-state index contributed by atoms with van der Waals surface area (Å²) in [5.41, 5.74) is 6.44. The standard InChI is InChI=1S/C18H20/c1-5-15-9-10-18(11-14(15)4)17-8-6-7-16(12-17)13(2)3/h5-13H,1H2,2-4H3. The van der Waals surface area contributed by atoms with Crippen LogP contribution in [0.3, 0.4) is 0 Å². The summed E-state index contributed by atoms with van der Waals surface area (Å²) in [6.45, 7) is 10.4. The summed E-state index contributed by atoms with van der Waals surface area (Å²) in [7, 11) is 0. The lowest BCUT2D eigenvalue weighted by Gasteiger charge is -2.10. The first-order valence-corrected chi connectivity index (χ1v) is 6.45. The Morgan fingerprint density at radius 3 is 2.33 bits per heavy atom. The number of rotatable bonds is 3. The molecule has 0 heteroatoms. The predicted molar refractivity (Wildman–Crippen MR) is 80.8 cm³/mol. The fraction of sp³-hybridized carbons (Fsp3) is 0.222. The summed E-state index contributed by atoms with van der Waals surface area (Å²) in [5.74, 6) is 0.568. The van der Waals surface area contributed by atoms with Crippen molar-refractivity contribution in [2.24, 2.45) is 0 Å². The summed E-state index contributed by atoms with van der Waals surface area (Å²) < 4.78 is 0. The van der Waals surface area contributed by atoms with Gasteiger partial charge in [0.15, 0.2) is 0 Å². The van der Waals surface area contributed by atoms with E-state index >= 15 is 0 Å². The van der Waals surface area contributed by atoms with Crippen molar-refractivity contribution in [2.75, 3.05) is 0 Å². The summed E-state index contributed by atoms with van der Waals surface area (Å²) in [6, 6.07) is 15.3. The van der Waals surface area contributed by atoms with E-state index in [9.17, 15) is 0 Å². The van der Waals surface area contributed by atoms with Gasteiger partial charge in [-0.2, -0.15) is 0 Å². The van der Waals surface area contributed by atoms with Gasteiger partial charge in [0.1, 0.15) is 0 Å². The second kappa shape index (κ2) is 5.22. The van der Waals surface area contributed by atoms with Crippen molar-refractivity contribution in [1.82, 2.24) is 0 Å². The molecule has 0 radical (unpaired) electrons. The molecule has 0 atom stereocenters. The van der Waals surface area contributed by atoms with Crippen molar-refractivity contribution < 1.29 is 0 Å². The van der Waals surface area contributed by atoms with Gasteiger partial charge in [0.25, 0.3) is 0 Å². The van der Waals surface area contributed by atoms with E-state index in [-0.39, 0.29) is 0 Å². The van der Waals surface area contributed by atoms with Crippen molar-refractivity contribution in [3.8, 4) is 11.1 Å². The molecular weight excluding hydrogens is 216 g/mol. The van der Waals surface area contributed by atoms with Crippen molar-refractivity contribution in [1.29, 1.82) is 0 Å². The molecule has 0 aliphatic carbocycles. The second-order valence-electron chi connectivity index (χ2n) is 5.06. The molecule has 0 saturated carbocycles. The van der Waals surface area contributed by atoms with Crippen LogP contribution in [0, 0.1) is 6.92 Å². The Balaban J connectivity index is 2.45. The lowest BCUT2D eigenvalue weighted by molar-refractivity contribution is 0.867. The highest BCUT2D eigenvalue weighted by molar-refractivity contribution is 5.68. The first kappa shape index (κ1) is 12.6. The maximum Gasteiger partial charge on any atom is -0.0181 e. The van der Waals surface area contributed by atoms with E-state index in [0.717, 1.165) is 0 Å². The highest BCUT2D eigenvalue weighted by Crippen LogP contribution is 2.26. The van der Waals surface area contributed by atoms with Crippen LogP contribution >= 0.6 is 0 Å². The second-order valence-corrected chi connectivity index (χ2v) is 5.06. The lowest BCUT2D eigenvalue weighted by Crippen LogP contribution is -1.89. The molecule has 0 aliphatic heterocycles. The SMILES string of the molecule is C=Cc1ccc(-c2cccc(C(C)C)c2)cc1C. The quantitative estimate of drug-likeness (QED) is 0.666. The molecule has 0 aromatic heterocycles. The minimum atomic E-state index is 0.568. The fourth-order valence-corrected chi connectivity index (χ4v) is 2.16. The van der Waals surface area contributed by atoms with Gasteiger partial charge in [-0.05, 0) is 40.7 Å². The highest BCUT2D eigenvalue weighted by Gasteiger charge is 2.03. The monoisotopic (exact) mass is 236 g/mol. The Bertz CT molecular complexity index is 562. The van der Waals surface area contributed by atoms with Gasteiger partial charge in [0.2, 0.25) is 0 Å². The molecule has 0 amide bonds. The summed E-state index contributed by atoms with van der Waals surface area (Å²) in [5, 5.41) is 0. The first-order chi connectivity index (χ1) is 8.61. The normalized spacial score (nSPS) is 10.7. The largest absolute Gasteiger partial charge is 0.0985 e. The van der Waals surface area contributed by atoms with Gasteiger partial charge in [-0.3, -0.25) is 0 Å². The van der Waals surface area contributed by atoms with Gasteiger partial charge >= 0.3 is 0 Å². The van der Waals surface area contributed by atoms with E-state index in [4.69, 9.17) is 0 Å². The molecule has 0 bridgehead atoms. The van der Waals surface area contributed by atoms with Crippen LogP contribution in [0.25, 0.3) is 17.2 Å². The van der Waals surface area contributed by atoms with Gasteiger partial charge < -0.3 is 0 Å². The van der Waals surface area contributed by atoms with Crippen molar-refractivity contribution in [3.63, 3.8) is 0 Å². The Morgan fingerprint density at radius 1 is 1.00 bits per heavy atom. The van der Waals surface area contributed by atoms with Gasteiger partial charge in [-0.25, -0.2) is 0 Å². The summed E-state index contributed by atoms with van der Waals surface area (Å²) in [6.07, 6.45) is 1.91. The molecule has 0 N–H and O–H groups in total. The van der Waals surface area contributed by atoms with E-state index in [1.807, 2.05) is 6.08 Å². The average Bonchev–Trinajstić information content (AvgIpc) is 2.38. The van der Waals surface area contributed by atoms with Crippen LogP contribution in [0.2, 0.25) is 0 Å². The third-order valence-corrected chi connectivity index (χ3v) is 3.38. The van der Waals surface area contributed by atoms with Crippen LogP contribution in [0.1, 0.15) is 36.5 Å². The van der Waals surface area contributed by atoms with Crippen molar-refractivity contribution in [2.45, 2.75) is 26.7 Å². The van der Waals surface area contributed by atoms with E-state index < -0.39 is 0 Å². The number of aryl methyl sites for hydroxylation is 1. The van der Waals surface area contributed by atoms with E-state index in [1.165, 1.54) is 27.8 Å². The zero-order chi connectivity index (χ0) is 13.1. The third-order valence-electron chi connectivity index (χ3n) is 3.38. The number of benzene rings is 2. The zero-order valence-corrected chi connectivity index (χ0v) is 11.4. The molecule has 0 fully saturated rings. The predicted octanol–water partition coefficient (Wildman–Crippen LogP) is 5.43. The zero-order valence-electron chi connectivity index (χ0n) is 11.4. The maximum absolute atomic E-state index is 3.83. The molecule has 0 unspecified atom stereocenters. The Labute approximate surface area is 110 Å². The van der Waals surface area contributed by atoms with Gasteiger partial charge in [0, 0.05) is 0 Å². The molecular formula is C18H20. The van der Waals surface area contributed by atoms with Crippen LogP contribution in [-0.2, 0) is 0 Å². The Morgan fingerprint density at radius 2 is 1.72 bits per heavy atom. The van der Waals surface area contributed by atoms with Crippen LogP contribution in [0.15, 0.2) is 49.0 Å². The lowest BCUT2D eigenvalue weighted by atomic mass is 9.95. The van der Waals surface area contributed by atoms with Crippen LogP contribution in [0.4, 0.5) is 0 Å². The average molecular weight is 236 g/mol. The van der Waals surface area contributed by atoms with E-state index in [0.29, 0.717) is 5.92 Å². The molecule has 2 rings (SSSR count). The molecule has 2 aromatic carbocycles. The van der Waals surface area contributed by atoms with Gasteiger partial charge in [-0.15, -0.1) is 0 Å². The van der Waals surface area contributed by atoms with E-state index in [2.05, 4.69) is 69.8 Å². The molecule has 92 valence electrons. The molecule has 0 heterocycles. The Kier molecular flexibility index (Phi) is 3.66. The molecule has 0 aliphatic rings. The topological polar surface area (TPSA) is 0 Å². The van der Waals surface area contributed by atoms with Crippen LogP contribution in [0.5, 0.6) is 0 Å². The molecule has 0 spiro atoms. The minimum absolute atomic E-state index is 0.568. The molecule has 2 aromatic rings. The highest BCUT2D eigenvalue weighted by atomic mass is 14.1. The Hall–Kier alpha value is -1.82. The van der Waals surface area contributed by atoms with E-state index in [1.54, 1.807) is 0 Å². The van der Waals surface area contributed by atoms with Gasteiger partial charge in [0.05, 0.1) is 0 Å². The first-order valence-electron chi connectivity index (χ1n) is 6.45. The number of hydrogen-bond acceptors (Lipinski definition) is 0.